The van der Waals surface area contributed by atoms with Gasteiger partial charge in [0.15, 0.2) is 0 Å². The number of hydrogen-bond acceptors (Lipinski definition) is 3. The SMILES string of the molecule is O=C(NC1=C(Cl)C(=O)c2ccccc2C1=O)c1ccc(Cl)cc1. The maximum Gasteiger partial charge on any atom is 0.255 e. The Labute approximate surface area is 141 Å². The number of halogens is 2. The molecule has 23 heavy (non-hydrogen) atoms. The first-order chi connectivity index (χ1) is 11.0. The van der Waals surface area contributed by atoms with Gasteiger partial charge in [0.1, 0.15) is 10.7 Å². The lowest BCUT2D eigenvalue weighted by molar-refractivity contribution is 0.0923. The summed E-state index contributed by atoms with van der Waals surface area (Å²) in [6, 6.07) is 12.5. The number of hydrogen-bond donors (Lipinski definition) is 1. The number of benzene rings is 2. The van der Waals surface area contributed by atoms with E-state index >= 15 is 0 Å². The van der Waals surface area contributed by atoms with E-state index < -0.39 is 17.5 Å². The smallest absolute Gasteiger partial charge is 0.255 e. The van der Waals surface area contributed by atoms with Gasteiger partial charge in [0, 0.05) is 21.7 Å². The van der Waals surface area contributed by atoms with Crippen LogP contribution in [-0.2, 0) is 0 Å². The summed E-state index contributed by atoms with van der Waals surface area (Å²) in [6.45, 7) is 0. The van der Waals surface area contributed by atoms with Gasteiger partial charge >= 0.3 is 0 Å². The van der Waals surface area contributed by atoms with Crippen LogP contribution in [0.5, 0.6) is 0 Å². The highest BCUT2D eigenvalue weighted by molar-refractivity contribution is 6.50. The molecule has 0 unspecified atom stereocenters. The number of carbonyl (C=O) groups is 3. The van der Waals surface area contributed by atoms with Gasteiger partial charge < -0.3 is 5.32 Å². The Morgan fingerprint density at radius 3 is 2.00 bits per heavy atom. The van der Waals surface area contributed by atoms with Crippen LogP contribution >= 0.6 is 23.2 Å². The van der Waals surface area contributed by atoms with Gasteiger partial charge in [-0.25, -0.2) is 0 Å². The van der Waals surface area contributed by atoms with Crippen LogP contribution in [0, 0.1) is 0 Å². The van der Waals surface area contributed by atoms with E-state index in [0.717, 1.165) is 0 Å². The van der Waals surface area contributed by atoms with Crippen molar-refractivity contribution in [3.05, 3.63) is 81.0 Å². The molecule has 0 saturated carbocycles. The number of carbonyl (C=O) groups excluding carboxylic acids is 3. The van der Waals surface area contributed by atoms with Gasteiger partial charge in [0.05, 0.1) is 0 Å². The molecular formula is C17H9Cl2NO3. The van der Waals surface area contributed by atoms with Crippen molar-refractivity contribution in [1.82, 2.24) is 5.32 Å². The van der Waals surface area contributed by atoms with Gasteiger partial charge in [-0.1, -0.05) is 47.5 Å². The number of Topliss-reactive ketones (excluding diaryl/α,β-unsaturated/α-hetero) is 2. The van der Waals surface area contributed by atoms with Crippen LogP contribution in [-0.4, -0.2) is 17.5 Å². The Kier molecular flexibility index (Phi) is 4.03. The Bertz CT molecular complexity index is 870. The molecule has 0 spiro atoms. The summed E-state index contributed by atoms with van der Waals surface area (Å²) in [5.41, 5.74) is 0.529. The molecule has 3 rings (SSSR count). The Hall–Kier alpha value is -2.43. The summed E-state index contributed by atoms with van der Waals surface area (Å²) in [6.07, 6.45) is 0. The zero-order chi connectivity index (χ0) is 16.6. The van der Waals surface area contributed by atoms with E-state index in [-0.39, 0.29) is 21.9 Å². The summed E-state index contributed by atoms with van der Waals surface area (Å²) >= 11 is 11.8. The van der Waals surface area contributed by atoms with Gasteiger partial charge in [0.2, 0.25) is 11.6 Å². The van der Waals surface area contributed by atoms with Crippen LogP contribution in [0.15, 0.2) is 59.3 Å². The number of allylic oxidation sites excluding steroid dienone is 2. The zero-order valence-corrected chi connectivity index (χ0v) is 13.1. The lowest BCUT2D eigenvalue weighted by atomic mass is 9.92. The molecule has 0 heterocycles. The van der Waals surface area contributed by atoms with E-state index in [0.29, 0.717) is 10.6 Å². The standard InChI is InChI=1S/C17H9Cl2NO3/c18-10-7-5-9(6-8-10)17(23)20-14-13(19)15(21)11-3-1-2-4-12(11)16(14)22/h1-8H,(H,20,23). The van der Waals surface area contributed by atoms with Gasteiger partial charge in [-0.2, -0.15) is 0 Å². The lowest BCUT2D eigenvalue weighted by Crippen LogP contribution is -2.33. The predicted molar refractivity (Wildman–Crippen MR) is 86.9 cm³/mol. The highest BCUT2D eigenvalue weighted by atomic mass is 35.5. The highest BCUT2D eigenvalue weighted by Gasteiger charge is 2.32. The van der Waals surface area contributed by atoms with E-state index in [1.165, 1.54) is 24.3 Å². The Morgan fingerprint density at radius 1 is 0.826 bits per heavy atom. The largest absolute Gasteiger partial charge is 0.317 e. The topological polar surface area (TPSA) is 63.2 Å². The van der Waals surface area contributed by atoms with Crippen molar-refractivity contribution in [3.8, 4) is 0 Å². The van der Waals surface area contributed by atoms with Crippen LogP contribution < -0.4 is 5.32 Å². The molecule has 0 radical (unpaired) electrons. The molecule has 0 atom stereocenters. The number of ketones is 2. The molecule has 0 saturated heterocycles. The monoisotopic (exact) mass is 345 g/mol. The van der Waals surface area contributed by atoms with E-state index in [2.05, 4.69) is 5.32 Å². The molecule has 114 valence electrons. The first kappa shape index (κ1) is 15.5. The van der Waals surface area contributed by atoms with Crippen molar-refractivity contribution in [2.24, 2.45) is 0 Å². The van der Waals surface area contributed by atoms with Crippen LogP contribution in [0.1, 0.15) is 31.1 Å². The second-order valence-electron chi connectivity index (χ2n) is 4.85. The molecule has 0 fully saturated rings. The highest BCUT2D eigenvalue weighted by Crippen LogP contribution is 2.27. The molecule has 0 aliphatic heterocycles. The molecule has 1 amide bonds. The minimum Gasteiger partial charge on any atom is -0.317 e. The van der Waals surface area contributed by atoms with Gasteiger partial charge in [0.25, 0.3) is 5.91 Å². The van der Waals surface area contributed by atoms with Crippen molar-refractivity contribution < 1.29 is 14.4 Å². The molecule has 1 N–H and O–H groups in total. The first-order valence-corrected chi connectivity index (χ1v) is 7.39. The Balaban J connectivity index is 1.95. The predicted octanol–water partition coefficient (Wildman–Crippen LogP) is 3.60. The fraction of sp³-hybridized carbons (Fsp3) is 0. The summed E-state index contributed by atoms with van der Waals surface area (Å²) in [7, 11) is 0. The Morgan fingerprint density at radius 2 is 1.39 bits per heavy atom. The van der Waals surface area contributed by atoms with E-state index in [4.69, 9.17) is 23.2 Å². The summed E-state index contributed by atoms with van der Waals surface area (Å²) in [5, 5.41) is 2.61. The third kappa shape index (κ3) is 2.79. The zero-order valence-electron chi connectivity index (χ0n) is 11.6. The average molecular weight is 346 g/mol. The molecule has 0 bridgehead atoms. The minimum absolute atomic E-state index is 0.213. The van der Waals surface area contributed by atoms with Crippen LogP contribution in [0.2, 0.25) is 5.02 Å². The quantitative estimate of drug-likeness (QED) is 0.904. The summed E-state index contributed by atoms with van der Waals surface area (Å²) < 4.78 is 0. The molecule has 1 aliphatic rings. The third-order valence-corrected chi connectivity index (χ3v) is 4.02. The number of nitrogens with one attached hydrogen (secondary N) is 1. The van der Waals surface area contributed by atoms with Crippen LogP contribution in [0.3, 0.4) is 0 Å². The maximum absolute atomic E-state index is 12.5. The average Bonchev–Trinajstić information content (AvgIpc) is 2.57. The van der Waals surface area contributed by atoms with E-state index in [9.17, 15) is 14.4 Å². The van der Waals surface area contributed by atoms with Crippen molar-refractivity contribution in [2.75, 3.05) is 0 Å². The maximum atomic E-state index is 12.5. The first-order valence-electron chi connectivity index (χ1n) is 6.64. The summed E-state index contributed by atoms with van der Waals surface area (Å²) in [5.74, 6) is -1.53. The van der Waals surface area contributed by atoms with E-state index in [1.54, 1.807) is 24.3 Å². The molecule has 6 heteroatoms. The summed E-state index contributed by atoms with van der Waals surface area (Å²) in [4.78, 5) is 36.9. The molecule has 2 aromatic rings. The van der Waals surface area contributed by atoms with Crippen molar-refractivity contribution in [3.63, 3.8) is 0 Å². The fourth-order valence-corrected chi connectivity index (χ4v) is 2.60. The van der Waals surface area contributed by atoms with Crippen molar-refractivity contribution in [1.29, 1.82) is 0 Å². The molecule has 0 aromatic heterocycles. The second kappa shape index (κ2) is 5.99. The number of rotatable bonds is 2. The van der Waals surface area contributed by atoms with Gasteiger partial charge in [-0.15, -0.1) is 0 Å². The molecular weight excluding hydrogens is 337 g/mol. The molecule has 2 aromatic carbocycles. The van der Waals surface area contributed by atoms with Crippen LogP contribution in [0.25, 0.3) is 0 Å². The molecule has 4 nitrogen and oxygen atoms in total. The van der Waals surface area contributed by atoms with Gasteiger partial charge in [-0.05, 0) is 24.3 Å². The van der Waals surface area contributed by atoms with Crippen LogP contribution in [0.4, 0.5) is 0 Å². The van der Waals surface area contributed by atoms with Crippen molar-refractivity contribution >= 4 is 40.7 Å². The van der Waals surface area contributed by atoms with Gasteiger partial charge in [-0.3, -0.25) is 14.4 Å². The lowest BCUT2D eigenvalue weighted by Gasteiger charge is -2.18. The normalized spacial score (nSPS) is 13.8. The second-order valence-corrected chi connectivity index (χ2v) is 5.67. The number of fused-ring (bicyclic) bond motifs is 1. The minimum atomic E-state index is -0.546. The van der Waals surface area contributed by atoms with Crippen molar-refractivity contribution in [2.45, 2.75) is 0 Å². The molecule has 1 aliphatic carbocycles. The third-order valence-electron chi connectivity index (χ3n) is 3.41. The fourth-order valence-electron chi connectivity index (χ4n) is 2.24. The number of amides is 1. The van der Waals surface area contributed by atoms with E-state index in [1.807, 2.05) is 0 Å².